The van der Waals surface area contributed by atoms with E-state index in [2.05, 4.69) is 9.98 Å². The van der Waals surface area contributed by atoms with E-state index in [4.69, 9.17) is 0 Å². The van der Waals surface area contributed by atoms with Crippen LogP contribution in [0.1, 0.15) is 47.6 Å². The molecule has 0 atom stereocenters. The molecule has 1 N–H and O–H groups in total. The van der Waals surface area contributed by atoms with Crippen molar-refractivity contribution in [3.8, 4) is 0 Å². The molecule has 1 aromatic heterocycles. The minimum Gasteiger partial charge on any atom is -0.352 e. The van der Waals surface area contributed by atoms with E-state index in [0.717, 1.165) is 41.5 Å². The summed E-state index contributed by atoms with van der Waals surface area (Å²) >= 11 is 0. The number of aldehydes is 2. The highest BCUT2D eigenvalue weighted by Crippen LogP contribution is 2.35. The van der Waals surface area contributed by atoms with Crippen LogP contribution in [0, 0.1) is 19.3 Å². The molecule has 2 rings (SSSR count). The quantitative estimate of drug-likeness (QED) is 0.847. The van der Waals surface area contributed by atoms with Gasteiger partial charge in [-0.2, -0.15) is 0 Å². The van der Waals surface area contributed by atoms with E-state index in [9.17, 15) is 9.59 Å². The Labute approximate surface area is 112 Å². The SMILES string of the molecule is Cc1c(C=O)[nH]c(/C=C2\CC(C)(C)C(C=O)=N2)c1C. The molecule has 0 amide bonds. The molecule has 2 heterocycles. The fraction of sp³-hybridized carbons (Fsp3) is 0.400. The normalized spacial score (nSPS) is 19.6. The van der Waals surface area contributed by atoms with E-state index in [1.807, 2.05) is 33.8 Å². The van der Waals surface area contributed by atoms with Crippen LogP contribution in [0.3, 0.4) is 0 Å². The fourth-order valence-electron chi connectivity index (χ4n) is 2.32. The zero-order valence-corrected chi connectivity index (χ0v) is 11.7. The Hall–Kier alpha value is -1.97. The first-order valence-electron chi connectivity index (χ1n) is 6.28. The predicted molar refractivity (Wildman–Crippen MR) is 75.5 cm³/mol. The summed E-state index contributed by atoms with van der Waals surface area (Å²) in [5, 5.41) is 0. The number of allylic oxidation sites excluding steroid dienone is 1. The molecule has 100 valence electrons. The van der Waals surface area contributed by atoms with Gasteiger partial charge in [0, 0.05) is 23.2 Å². The van der Waals surface area contributed by atoms with Gasteiger partial charge >= 0.3 is 0 Å². The average Bonchev–Trinajstić information content (AvgIpc) is 2.79. The molecule has 0 saturated carbocycles. The van der Waals surface area contributed by atoms with E-state index in [1.165, 1.54) is 0 Å². The fourth-order valence-corrected chi connectivity index (χ4v) is 2.32. The van der Waals surface area contributed by atoms with Crippen LogP contribution in [-0.4, -0.2) is 23.3 Å². The number of hydrogen-bond acceptors (Lipinski definition) is 3. The molecule has 0 fully saturated rings. The Morgan fingerprint density at radius 2 is 1.74 bits per heavy atom. The van der Waals surface area contributed by atoms with Gasteiger partial charge < -0.3 is 4.98 Å². The molecular weight excluding hydrogens is 240 g/mol. The van der Waals surface area contributed by atoms with E-state index < -0.39 is 0 Å². The summed E-state index contributed by atoms with van der Waals surface area (Å²) in [6, 6.07) is 0. The summed E-state index contributed by atoms with van der Waals surface area (Å²) < 4.78 is 0. The molecule has 0 bridgehead atoms. The summed E-state index contributed by atoms with van der Waals surface area (Å²) in [7, 11) is 0. The monoisotopic (exact) mass is 258 g/mol. The summed E-state index contributed by atoms with van der Waals surface area (Å²) in [5.41, 5.74) is 4.73. The van der Waals surface area contributed by atoms with Gasteiger partial charge in [-0.3, -0.25) is 14.6 Å². The van der Waals surface area contributed by atoms with Crippen molar-refractivity contribution in [1.29, 1.82) is 0 Å². The molecule has 1 aromatic rings. The van der Waals surface area contributed by atoms with Gasteiger partial charge in [0.25, 0.3) is 0 Å². The second-order valence-electron chi connectivity index (χ2n) is 5.63. The number of hydrogen-bond donors (Lipinski definition) is 1. The zero-order chi connectivity index (χ0) is 14.2. The minimum atomic E-state index is -0.212. The largest absolute Gasteiger partial charge is 0.352 e. The van der Waals surface area contributed by atoms with Gasteiger partial charge in [0.2, 0.25) is 0 Å². The van der Waals surface area contributed by atoms with Crippen LogP contribution in [0.5, 0.6) is 0 Å². The number of H-pyrrole nitrogens is 1. The van der Waals surface area contributed by atoms with Crippen LogP contribution >= 0.6 is 0 Å². The first-order chi connectivity index (χ1) is 8.89. The van der Waals surface area contributed by atoms with E-state index in [1.54, 1.807) is 0 Å². The Bertz CT molecular complexity index is 604. The van der Waals surface area contributed by atoms with Crippen molar-refractivity contribution >= 4 is 24.4 Å². The third-order valence-corrected chi connectivity index (χ3v) is 3.76. The van der Waals surface area contributed by atoms with Gasteiger partial charge in [0.1, 0.15) is 0 Å². The zero-order valence-electron chi connectivity index (χ0n) is 11.7. The van der Waals surface area contributed by atoms with Gasteiger partial charge in [-0.05, 0) is 31.1 Å². The highest BCUT2D eigenvalue weighted by atomic mass is 16.1. The van der Waals surface area contributed by atoms with Gasteiger partial charge in [-0.15, -0.1) is 0 Å². The number of aliphatic imine (C=N–C) groups is 1. The Morgan fingerprint density at radius 3 is 2.21 bits per heavy atom. The minimum absolute atomic E-state index is 0.212. The molecule has 0 radical (unpaired) electrons. The van der Waals surface area contributed by atoms with Crippen molar-refractivity contribution in [1.82, 2.24) is 4.98 Å². The number of rotatable bonds is 3. The van der Waals surface area contributed by atoms with E-state index in [0.29, 0.717) is 11.4 Å². The van der Waals surface area contributed by atoms with Crippen LogP contribution in [0.15, 0.2) is 10.7 Å². The van der Waals surface area contributed by atoms with Crippen LogP contribution < -0.4 is 0 Å². The van der Waals surface area contributed by atoms with Gasteiger partial charge in [0.15, 0.2) is 12.6 Å². The highest BCUT2D eigenvalue weighted by molar-refractivity contribution is 6.31. The lowest BCUT2D eigenvalue weighted by atomic mass is 9.86. The number of carbonyl (C=O) groups excluding carboxylic acids is 2. The maximum atomic E-state index is 11.0. The molecule has 0 aromatic carbocycles. The molecule has 4 nitrogen and oxygen atoms in total. The second kappa shape index (κ2) is 4.61. The second-order valence-corrected chi connectivity index (χ2v) is 5.63. The van der Waals surface area contributed by atoms with Gasteiger partial charge in [-0.25, -0.2) is 0 Å². The van der Waals surface area contributed by atoms with Gasteiger partial charge in [-0.1, -0.05) is 13.8 Å². The van der Waals surface area contributed by atoms with E-state index >= 15 is 0 Å². The molecule has 0 unspecified atom stereocenters. The molecule has 0 saturated heterocycles. The summed E-state index contributed by atoms with van der Waals surface area (Å²) in [6.07, 6.45) is 4.30. The molecule has 1 aliphatic rings. The maximum absolute atomic E-state index is 11.0. The summed E-state index contributed by atoms with van der Waals surface area (Å²) in [6.45, 7) is 7.89. The lowest BCUT2D eigenvalue weighted by molar-refractivity contribution is -0.103. The number of aromatic nitrogens is 1. The van der Waals surface area contributed by atoms with Crippen LogP contribution in [0.4, 0.5) is 0 Å². The summed E-state index contributed by atoms with van der Waals surface area (Å²) in [5.74, 6) is 0. The number of aromatic amines is 1. The van der Waals surface area contributed by atoms with Crippen molar-refractivity contribution in [2.75, 3.05) is 0 Å². The molecular formula is C15H18N2O2. The van der Waals surface area contributed by atoms with Crippen molar-refractivity contribution in [3.63, 3.8) is 0 Å². The predicted octanol–water partition coefficient (Wildman–Crippen LogP) is 2.85. The number of carbonyl (C=O) groups is 2. The third kappa shape index (κ3) is 2.30. The van der Waals surface area contributed by atoms with Crippen LogP contribution in [0.25, 0.3) is 6.08 Å². The molecule has 0 spiro atoms. The van der Waals surface area contributed by atoms with Crippen molar-refractivity contribution in [2.45, 2.75) is 34.1 Å². The van der Waals surface area contributed by atoms with Crippen LogP contribution in [0.2, 0.25) is 0 Å². The number of nitrogens with one attached hydrogen (secondary N) is 1. The van der Waals surface area contributed by atoms with E-state index in [-0.39, 0.29) is 5.41 Å². The molecule has 0 aliphatic carbocycles. The van der Waals surface area contributed by atoms with Gasteiger partial charge in [0.05, 0.1) is 11.4 Å². The standard InChI is InChI=1S/C15H18N2O2/c1-9-10(2)13(7-18)17-12(9)5-11-6-15(3,4)14(8-19)16-11/h5,7-8,17H,6H2,1-4H3/b11-5+. The molecule has 1 aliphatic heterocycles. The summed E-state index contributed by atoms with van der Waals surface area (Å²) in [4.78, 5) is 29.3. The lowest BCUT2D eigenvalue weighted by Gasteiger charge is -2.14. The average molecular weight is 258 g/mol. The van der Waals surface area contributed by atoms with Crippen molar-refractivity contribution < 1.29 is 9.59 Å². The van der Waals surface area contributed by atoms with Crippen molar-refractivity contribution in [2.24, 2.45) is 10.4 Å². The Balaban J connectivity index is 2.42. The first-order valence-corrected chi connectivity index (χ1v) is 6.28. The third-order valence-electron chi connectivity index (χ3n) is 3.76. The topological polar surface area (TPSA) is 62.3 Å². The highest BCUT2D eigenvalue weighted by Gasteiger charge is 2.31. The smallest absolute Gasteiger partial charge is 0.166 e. The van der Waals surface area contributed by atoms with Crippen LogP contribution in [-0.2, 0) is 4.79 Å². The molecule has 4 heteroatoms. The Kier molecular flexibility index (Phi) is 3.27. The van der Waals surface area contributed by atoms with Crippen molar-refractivity contribution in [3.05, 3.63) is 28.2 Å². The number of nitrogens with zero attached hydrogens (tertiary/aromatic N) is 1. The lowest BCUT2D eigenvalue weighted by Crippen LogP contribution is -2.20. The maximum Gasteiger partial charge on any atom is 0.166 e. The Morgan fingerprint density at radius 1 is 1.11 bits per heavy atom. The molecule has 19 heavy (non-hydrogen) atoms. The first kappa shape index (κ1) is 13.5.